The van der Waals surface area contributed by atoms with Gasteiger partial charge in [-0.3, -0.25) is 4.79 Å². The lowest BCUT2D eigenvalue weighted by molar-refractivity contribution is 0.0997. The number of aromatic amines is 2. The van der Waals surface area contributed by atoms with Crippen LogP contribution >= 0.6 is 0 Å². The number of anilines is 1. The molecule has 0 spiro atoms. The van der Waals surface area contributed by atoms with Crippen molar-refractivity contribution >= 4 is 43.7 Å². The largest absolute Gasteiger partial charge is 0.364 e. The van der Waals surface area contributed by atoms with E-state index >= 15 is 0 Å². The van der Waals surface area contributed by atoms with Gasteiger partial charge in [-0.1, -0.05) is 0 Å². The highest BCUT2D eigenvalue weighted by Crippen LogP contribution is 2.29. The third-order valence-corrected chi connectivity index (χ3v) is 5.10. The van der Waals surface area contributed by atoms with E-state index in [2.05, 4.69) is 24.7 Å². The number of aromatic nitrogens is 4. The number of H-pyrrole nitrogens is 2. The van der Waals surface area contributed by atoms with Crippen LogP contribution in [0.4, 0.5) is 5.95 Å². The summed E-state index contributed by atoms with van der Waals surface area (Å²) in [5, 5.41) is 1.30. The normalized spacial score (nSPS) is 11.8. The molecule has 0 radical (unpaired) electrons. The number of hydrogen-bond donors (Lipinski definition) is 4. The maximum absolute atomic E-state index is 12.5. The first-order chi connectivity index (χ1) is 12.0. The minimum Gasteiger partial charge on any atom is -0.364 e. The molecule has 3 heterocycles. The number of amides is 1. The molecule has 0 unspecified atom stereocenters. The average Bonchev–Trinajstić information content (AvgIpc) is 3.20. The zero-order chi connectivity index (χ0) is 17.6. The Hall–Kier alpha value is -3.40. The van der Waals surface area contributed by atoms with Crippen molar-refractivity contribution in [1.82, 2.24) is 19.9 Å². The number of nitrogens with zero attached hydrogens (tertiary/aromatic N) is 2. The van der Waals surface area contributed by atoms with Gasteiger partial charge in [-0.2, -0.15) is 0 Å². The number of benzene rings is 1. The first-order valence-electron chi connectivity index (χ1n) is 7.18. The van der Waals surface area contributed by atoms with Crippen LogP contribution in [0.15, 0.2) is 47.8 Å². The predicted octanol–water partition coefficient (Wildman–Crippen LogP) is 1.34. The average molecular weight is 356 g/mol. The van der Waals surface area contributed by atoms with Gasteiger partial charge in [-0.15, -0.1) is 0 Å². The second kappa shape index (κ2) is 5.31. The molecule has 0 fully saturated rings. The topological polar surface area (TPSA) is 147 Å². The number of sulfonamides is 1. The van der Waals surface area contributed by atoms with Crippen molar-refractivity contribution < 1.29 is 13.2 Å². The Morgan fingerprint density at radius 2 is 1.96 bits per heavy atom. The first kappa shape index (κ1) is 15.1. The number of carbonyl (C=O) groups excluding carboxylic acids is 1. The van der Waals surface area contributed by atoms with Gasteiger partial charge in [0.25, 0.3) is 15.9 Å². The van der Waals surface area contributed by atoms with E-state index in [9.17, 15) is 13.2 Å². The van der Waals surface area contributed by atoms with Crippen LogP contribution in [0.1, 0.15) is 10.5 Å². The molecule has 1 aromatic carbocycles. The van der Waals surface area contributed by atoms with Crippen LogP contribution in [0.3, 0.4) is 0 Å². The minimum absolute atomic E-state index is 0.0646. The van der Waals surface area contributed by atoms with E-state index in [1.807, 2.05) is 0 Å². The molecule has 10 heteroatoms. The summed E-state index contributed by atoms with van der Waals surface area (Å²) in [6.07, 6.45) is 4.41. The second-order valence-corrected chi connectivity index (χ2v) is 7.00. The van der Waals surface area contributed by atoms with Crippen molar-refractivity contribution in [1.29, 1.82) is 0 Å². The molecule has 4 aromatic rings. The van der Waals surface area contributed by atoms with Gasteiger partial charge in [0.05, 0.1) is 10.4 Å². The number of pyridine rings is 1. The molecule has 0 atom stereocenters. The van der Waals surface area contributed by atoms with Crippen molar-refractivity contribution in [2.45, 2.75) is 4.90 Å². The molecule has 126 valence electrons. The Morgan fingerprint density at radius 1 is 1.12 bits per heavy atom. The first-order valence-corrected chi connectivity index (χ1v) is 8.66. The molecule has 1 amide bonds. The van der Waals surface area contributed by atoms with Crippen molar-refractivity contribution in [2.24, 2.45) is 5.73 Å². The number of primary amides is 1. The number of hydrogen-bond acceptors (Lipinski definition) is 5. The molecule has 0 saturated heterocycles. The number of rotatable bonds is 4. The van der Waals surface area contributed by atoms with Gasteiger partial charge in [0.1, 0.15) is 0 Å². The summed E-state index contributed by atoms with van der Waals surface area (Å²) in [5.41, 5.74) is 6.58. The summed E-state index contributed by atoms with van der Waals surface area (Å²) < 4.78 is 27.4. The molecule has 25 heavy (non-hydrogen) atoms. The van der Waals surface area contributed by atoms with E-state index in [-0.39, 0.29) is 16.5 Å². The van der Waals surface area contributed by atoms with Gasteiger partial charge in [0.15, 0.2) is 5.69 Å². The quantitative estimate of drug-likeness (QED) is 0.436. The molecule has 9 nitrogen and oxygen atoms in total. The molecule has 3 aromatic heterocycles. The van der Waals surface area contributed by atoms with Gasteiger partial charge >= 0.3 is 0 Å². The SMILES string of the molecule is NC(=O)c1nccc2c1[nH]c1ccc(S(=O)(=O)Nc3ncc[nH]3)cc12. The Labute approximate surface area is 141 Å². The summed E-state index contributed by atoms with van der Waals surface area (Å²) in [5.74, 6) is -0.538. The summed E-state index contributed by atoms with van der Waals surface area (Å²) in [6.45, 7) is 0. The number of nitrogens with one attached hydrogen (secondary N) is 3. The molecule has 5 N–H and O–H groups in total. The monoisotopic (exact) mass is 356 g/mol. The Balaban J connectivity index is 1.89. The fraction of sp³-hybridized carbons (Fsp3) is 0. The molecule has 0 aliphatic heterocycles. The van der Waals surface area contributed by atoms with Crippen molar-refractivity contribution in [3.05, 3.63) is 48.5 Å². The predicted molar refractivity (Wildman–Crippen MR) is 91.5 cm³/mol. The van der Waals surface area contributed by atoms with E-state index < -0.39 is 15.9 Å². The van der Waals surface area contributed by atoms with Crippen LogP contribution in [-0.4, -0.2) is 34.3 Å². The van der Waals surface area contributed by atoms with E-state index in [4.69, 9.17) is 5.73 Å². The van der Waals surface area contributed by atoms with Crippen molar-refractivity contribution in [3.8, 4) is 0 Å². The highest BCUT2D eigenvalue weighted by Gasteiger charge is 2.18. The molecular weight excluding hydrogens is 344 g/mol. The van der Waals surface area contributed by atoms with Crippen LogP contribution in [0.25, 0.3) is 21.8 Å². The lowest BCUT2D eigenvalue weighted by Crippen LogP contribution is -2.13. The smallest absolute Gasteiger partial charge is 0.269 e. The zero-order valence-electron chi connectivity index (χ0n) is 12.6. The third-order valence-electron chi connectivity index (χ3n) is 3.76. The number of fused-ring (bicyclic) bond motifs is 3. The minimum atomic E-state index is -3.81. The molecule has 0 saturated carbocycles. The molecule has 0 aliphatic rings. The van der Waals surface area contributed by atoms with E-state index in [1.54, 1.807) is 12.1 Å². The Kier molecular flexibility index (Phi) is 3.22. The molecule has 4 rings (SSSR count). The van der Waals surface area contributed by atoms with Gasteiger partial charge < -0.3 is 15.7 Å². The summed E-state index contributed by atoms with van der Waals surface area (Å²) in [7, 11) is -3.81. The summed E-state index contributed by atoms with van der Waals surface area (Å²) in [6, 6.07) is 6.29. The van der Waals surface area contributed by atoms with Crippen LogP contribution in [-0.2, 0) is 10.0 Å². The second-order valence-electron chi connectivity index (χ2n) is 5.32. The lowest BCUT2D eigenvalue weighted by atomic mass is 10.1. The van der Waals surface area contributed by atoms with Crippen molar-refractivity contribution in [3.63, 3.8) is 0 Å². The molecule has 0 aliphatic carbocycles. The van der Waals surface area contributed by atoms with Gasteiger partial charge in [-0.25, -0.2) is 23.1 Å². The van der Waals surface area contributed by atoms with Crippen LogP contribution in [0.2, 0.25) is 0 Å². The highest BCUT2D eigenvalue weighted by molar-refractivity contribution is 7.92. The van der Waals surface area contributed by atoms with E-state index in [1.165, 1.54) is 30.7 Å². The zero-order valence-corrected chi connectivity index (χ0v) is 13.5. The lowest BCUT2D eigenvalue weighted by Gasteiger charge is -2.05. The van der Waals surface area contributed by atoms with E-state index in [0.29, 0.717) is 21.8 Å². The van der Waals surface area contributed by atoms with Gasteiger partial charge in [0.2, 0.25) is 5.95 Å². The van der Waals surface area contributed by atoms with Crippen LogP contribution < -0.4 is 10.5 Å². The number of imidazole rings is 1. The Morgan fingerprint density at radius 3 is 2.68 bits per heavy atom. The maximum atomic E-state index is 12.5. The summed E-state index contributed by atoms with van der Waals surface area (Å²) in [4.78, 5) is 25.1. The number of nitrogens with two attached hydrogens (primary N) is 1. The van der Waals surface area contributed by atoms with E-state index in [0.717, 1.165) is 0 Å². The fourth-order valence-corrected chi connectivity index (χ4v) is 3.67. The summed E-state index contributed by atoms with van der Waals surface area (Å²) >= 11 is 0. The van der Waals surface area contributed by atoms with Crippen LogP contribution in [0, 0.1) is 0 Å². The standard InChI is InChI=1S/C15H12N6O3S/c16-14(22)13-12-9(3-4-17-13)10-7-8(1-2-11(10)20-12)25(23,24)21-15-18-5-6-19-15/h1-7,20H,(H2,16,22)(H2,18,19,21). The van der Waals surface area contributed by atoms with Crippen molar-refractivity contribution in [2.75, 3.05) is 4.72 Å². The van der Waals surface area contributed by atoms with Gasteiger partial charge in [-0.05, 0) is 24.3 Å². The van der Waals surface area contributed by atoms with Crippen LogP contribution in [0.5, 0.6) is 0 Å². The molecule has 0 bridgehead atoms. The fourth-order valence-electron chi connectivity index (χ4n) is 2.66. The molecular formula is C15H12N6O3S. The van der Waals surface area contributed by atoms with Gasteiger partial charge in [0, 0.05) is 34.9 Å². The Bertz CT molecular complexity index is 1210. The maximum Gasteiger partial charge on any atom is 0.269 e. The number of carbonyl (C=O) groups is 1. The highest BCUT2D eigenvalue weighted by atomic mass is 32.2. The third kappa shape index (κ3) is 2.48.